The first-order chi connectivity index (χ1) is 15.2. The van der Waals surface area contributed by atoms with Gasteiger partial charge >= 0.3 is 0 Å². The Kier molecular flexibility index (Phi) is 5.79. The molecule has 5 heteroatoms. The number of fused-ring (bicyclic) bond motifs is 1. The number of halogens is 1. The molecule has 2 heterocycles. The number of phenols is 1. The maximum atomic E-state index is 14.1. The van der Waals surface area contributed by atoms with Gasteiger partial charge in [0.05, 0.1) is 5.69 Å². The zero-order chi connectivity index (χ0) is 21.2. The summed E-state index contributed by atoms with van der Waals surface area (Å²) in [7, 11) is 0. The Bertz CT molecular complexity index is 1050. The minimum atomic E-state index is -0.124. The molecule has 0 amide bonds. The quantitative estimate of drug-likeness (QED) is 0.676. The molecule has 2 saturated heterocycles. The highest BCUT2D eigenvalue weighted by Crippen LogP contribution is 2.29. The van der Waals surface area contributed by atoms with Gasteiger partial charge in [0.2, 0.25) is 0 Å². The molecular weight excluding hydrogens is 389 g/mol. The summed E-state index contributed by atoms with van der Waals surface area (Å²) in [6, 6.07) is 19.7. The van der Waals surface area contributed by atoms with Gasteiger partial charge in [0.25, 0.3) is 0 Å². The van der Waals surface area contributed by atoms with Crippen LogP contribution in [0.4, 0.5) is 10.1 Å². The van der Waals surface area contributed by atoms with Gasteiger partial charge in [0.15, 0.2) is 0 Å². The second kappa shape index (κ2) is 8.85. The van der Waals surface area contributed by atoms with E-state index in [-0.39, 0.29) is 5.82 Å². The van der Waals surface area contributed by atoms with Crippen LogP contribution in [0.1, 0.15) is 18.4 Å². The third-order valence-corrected chi connectivity index (χ3v) is 6.89. The molecule has 0 radical (unpaired) electrons. The smallest absolute Gasteiger partial charge is 0.146 e. The van der Waals surface area contributed by atoms with Gasteiger partial charge in [-0.15, -0.1) is 0 Å². The zero-order valence-corrected chi connectivity index (χ0v) is 17.9. The summed E-state index contributed by atoms with van der Waals surface area (Å²) < 4.78 is 14.1. The maximum absolute atomic E-state index is 14.1. The highest BCUT2D eigenvalue weighted by atomic mass is 19.1. The number of rotatable bonds is 4. The number of likely N-dealkylation sites (tertiary alicyclic amines) is 1. The van der Waals surface area contributed by atoms with Crippen LogP contribution in [0.25, 0.3) is 10.8 Å². The number of anilines is 1. The first-order valence-electron chi connectivity index (χ1n) is 11.3. The van der Waals surface area contributed by atoms with Crippen molar-refractivity contribution in [2.45, 2.75) is 25.4 Å². The molecule has 2 fully saturated rings. The Morgan fingerprint density at radius 2 is 1.58 bits per heavy atom. The van der Waals surface area contributed by atoms with E-state index in [4.69, 9.17) is 0 Å². The summed E-state index contributed by atoms with van der Waals surface area (Å²) in [5, 5.41) is 12.3. The molecule has 31 heavy (non-hydrogen) atoms. The van der Waals surface area contributed by atoms with Crippen molar-refractivity contribution in [2.24, 2.45) is 0 Å². The predicted octanol–water partition coefficient (Wildman–Crippen LogP) is 4.47. The van der Waals surface area contributed by atoms with Gasteiger partial charge in [0, 0.05) is 50.7 Å². The molecule has 2 aliphatic heterocycles. The number of para-hydroxylation sites is 1. The van der Waals surface area contributed by atoms with Crippen LogP contribution < -0.4 is 4.90 Å². The second-order valence-electron chi connectivity index (χ2n) is 8.79. The molecule has 0 bridgehead atoms. The van der Waals surface area contributed by atoms with Crippen LogP contribution >= 0.6 is 0 Å². The lowest BCUT2D eigenvalue weighted by Gasteiger charge is -2.44. The Labute approximate surface area is 183 Å². The summed E-state index contributed by atoms with van der Waals surface area (Å²) in [6.45, 7) is 6.80. The Hall–Kier alpha value is -2.63. The number of benzene rings is 3. The minimum absolute atomic E-state index is 0.124. The number of hydrogen-bond acceptors (Lipinski definition) is 4. The third-order valence-electron chi connectivity index (χ3n) is 6.89. The average molecular weight is 420 g/mol. The van der Waals surface area contributed by atoms with E-state index >= 15 is 0 Å². The monoisotopic (exact) mass is 419 g/mol. The molecule has 3 aromatic carbocycles. The lowest BCUT2D eigenvalue weighted by Crippen LogP contribution is -2.55. The van der Waals surface area contributed by atoms with Crippen LogP contribution in [-0.4, -0.2) is 60.2 Å². The number of hydrogen-bond donors (Lipinski definition) is 1. The van der Waals surface area contributed by atoms with Crippen molar-refractivity contribution in [3.8, 4) is 5.75 Å². The maximum Gasteiger partial charge on any atom is 0.146 e. The van der Waals surface area contributed by atoms with Crippen molar-refractivity contribution in [2.75, 3.05) is 44.2 Å². The predicted molar refractivity (Wildman–Crippen MR) is 124 cm³/mol. The van der Waals surface area contributed by atoms with Gasteiger partial charge in [-0.3, -0.25) is 9.80 Å². The van der Waals surface area contributed by atoms with E-state index in [1.165, 1.54) is 18.4 Å². The largest absolute Gasteiger partial charge is 0.507 e. The fourth-order valence-electron chi connectivity index (χ4n) is 5.23. The molecule has 2 aliphatic rings. The second-order valence-corrected chi connectivity index (χ2v) is 8.79. The van der Waals surface area contributed by atoms with E-state index in [1.54, 1.807) is 12.1 Å². The van der Waals surface area contributed by atoms with Crippen LogP contribution in [0.3, 0.4) is 0 Å². The molecule has 1 atom stereocenters. The lowest BCUT2D eigenvalue weighted by molar-refractivity contribution is 0.0889. The molecule has 1 N–H and O–H groups in total. The van der Waals surface area contributed by atoms with Crippen LogP contribution in [0.5, 0.6) is 5.75 Å². The highest BCUT2D eigenvalue weighted by Gasteiger charge is 2.29. The van der Waals surface area contributed by atoms with E-state index in [0.29, 0.717) is 11.8 Å². The van der Waals surface area contributed by atoms with Gasteiger partial charge in [-0.25, -0.2) is 4.39 Å². The van der Waals surface area contributed by atoms with Gasteiger partial charge < -0.3 is 10.0 Å². The topological polar surface area (TPSA) is 30.0 Å². The number of aromatic hydroxyl groups is 1. The van der Waals surface area contributed by atoms with Crippen LogP contribution in [0.15, 0.2) is 60.7 Å². The molecule has 1 unspecified atom stereocenters. The van der Waals surface area contributed by atoms with Gasteiger partial charge in [-0.1, -0.05) is 42.5 Å². The first kappa shape index (κ1) is 20.3. The van der Waals surface area contributed by atoms with Gasteiger partial charge in [-0.2, -0.15) is 0 Å². The van der Waals surface area contributed by atoms with E-state index in [1.807, 2.05) is 36.4 Å². The van der Waals surface area contributed by atoms with Crippen molar-refractivity contribution in [1.29, 1.82) is 0 Å². The molecule has 162 valence electrons. The molecular formula is C26H30FN3O. The lowest BCUT2D eigenvalue weighted by atomic mass is 10.00. The van der Waals surface area contributed by atoms with Crippen molar-refractivity contribution in [3.05, 3.63) is 72.0 Å². The summed E-state index contributed by atoms with van der Waals surface area (Å²) in [4.78, 5) is 7.32. The highest BCUT2D eigenvalue weighted by molar-refractivity contribution is 5.90. The molecule has 0 aliphatic carbocycles. The third kappa shape index (κ3) is 4.25. The van der Waals surface area contributed by atoms with Crippen LogP contribution in [-0.2, 0) is 6.54 Å². The number of phenolic OH excluding ortho intramolecular Hbond substituents is 1. The molecule has 0 aromatic heterocycles. The Morgan fingerprint density at radius 1 is 0.839 bits per heavy atom. The summed E-state index contributed by atoms with van der Waals surface area (Å²) in [5.41, 5.74) is 2.00. The van der Waals surface area contributed by atoms with Crippen molar-refractivity contribution < 1.29 is 9.50 Å². The van der Waals surface area contributed by atoms with Crippen molar-refractivity contribution >= 4 is 16.5 Å². The van der Waals surface area contributed by atoms with Crippen molar-refractivity contribution in [1.82, 2.24) is 9.80 Å². The summed E-state index contributed by atoms with van der Waals surface area (Å²) >= 11 is 0. The number of nitrogens with zero attached hydrogens (tertiary/aromatic N) is 3. The van der Waals surface area contributed by atoms with E-state index in [0.717, 1.165) is 62.3 Å². The van der Waals surface area contributed by atoms with Gasteiger partial charge in [0.1, 0.15) is 11.6 Å². The number of piperazine rings is 1. The standard InChI is InChI=1S/C26H30FN3O/c27-24-9-3-4-10-25(24)30-16-14-29(15-17-30)21-6-5-13-28(19-21)18-20-11-12-26(31)23-8-2-1-7-22(20)23/h1-4,7-12,21,31H,5-6,13-19H2. The normalized spacial score (nSPS) is 20.9. The summed E-state index contributed by atoms with van der Waals surface area (Å²) in [5.74, 6) is 0.226. The molecule has 0 spiro atoms. The van der Waals surface area contributed by atoms with E-state index in [9.17, 15) is 9.50 Å². The average Bonchev–Trinajstić information content (AvgIpc) is 2.82. The molecule has 5 rings (SSSR count). The van der Waals surface area contributed by atoms with E-state index in [2.05, 4.69) is 26.8 Å². The zero-order valence-electron chi connectivity index (χ0n) is 17.9. The first-order valence-corrected chi connectivity index (χ1v) is 11.3. The number of piperidine rings is 1. The molecule has 0 saturated carbocycles. The molecule has 4 nitrogen and oxygen atoms in total. The van der Waals surface area contributed by atoms with Crippen molar-refractivity contribution in [3.63, 3.8) is 0 Å². The van der Waals surface area contributed by atoms with Gasteiger partial charge in [-0.05, 0) is 48.5 Å². The Balaban J connectivity index is 1.23. The SMILES string of the molecule is Oc1ccc(CN2CCCC(N3CCN(c4ccccc4F)CC3)C2)c2ccccc12. The van der Waals surface area contributed by atoms with Crippen LogP contribution in [0.2, 0.25) is 0 Å². The Morgan fingerprint density at radius 3 is 2.39 bits per heavy atom. The minimum Gasteiger partial charge on any atom is -0.507 e. The molecule has 3 aromatic rings. The fraction of sp³-hybridized carbons (Fsp3) is 0.385. The van der Waals surface area contributed by atoms with E-state index < -0.39 is 0 Å². The van der Waals surface area contributed by atoms with Crippen LogP contribution in [0, 0.1) is 5.82 Å². The summed E-state index contributed by atoms with van der Waals surface area (Å²) in [6.07, 6.45) is 2.43. The fourth-order valence-corrected chi connectivity index (χ4v) is 5.23.